The van der Waals surface area contributed by atoms with Gasteiger partial charge in [-0.3, -0.25) is 9.58 Å². The van der Waals surface area contributed by atoms with Gasteiger partial charge in [-0.2, -0.15) is 5.10 Å². The molecule has 0 aromatic carbocycles. The Labute approximate surface area is 117 Å². The zero-order valence-corrected chi connectivity index (χ0v) is 12.6. The van der Waals surface area contributed by atoms with Crippen LogP contribution >= 0.6 is 0 Å². The van der Waals surface area contributed by atoms with Crippen molar-refractivity contribution >= 4 is 0 Å². The van der Waals surface area contributed by atoms with Crippen molar-refractivity contribution in [2.24, 2.45) is 18.7 Å². The number of aromatic nitrogens is 2. The minimum absolute atomic E-state index is 0.337. The molecule has 4 nitrogen and oxygen atoms in total. The van der Waals surface area contributed by atoms with Crippen molar-refractivity contribution in [2.45, 2.75) is 45.6 Å². The fourth-order valence-corrected chi connectivity index (χ4v) is 2.87. The van der Waals surface area contributed by atoms with Crippen LogP contribution in [0.25, 0.3) is 0 Å². The molecule has 19 heavy (non-hydrogen) atoms. The third-order valence-corrected chi connectivity index (χ3v) is 4.00. The van der Waals surface area contributed by atoms with Crippen LogP contribution in [0.5, 0.6) is 0 Å². The molecule has 1 saturated carbocycles. The molecule has 1 aromatic rings. The van der Waals surface area contributed by atoms with Crippen LogP contribution in [-0.2, 0) is 13.5 Å². The first kappa shape index (κ1) is 14.5. The highest BCUT2D eigenvalue weighted by Gasteiger charge is 2.29. The Morgan fingerprint density at radius 2 is 2.21 bits per heavy atom. The average molecular weight is 264 g/mol. The molecule has 1 atom stereocenters. The maximum absolute atomic E-state index is 6.09. The van der Waals surface area contributed by atoms with E-state index in [1.165, 1.54) is 37.1 Å². The number of nitrogens with zero attached hydrogens (tertiary/aromatic N) is 3. The molecule has 1 fully saturated rings. The van der Waals surface area contributed by atoms with Gasteiger partial charge in [0.05, 0.1) is 11.7 Å². The second-order valence-electron chi connectivity index (χ2n) is 5.75. The number of hydrogen-bond donors (Lipinski definition) is 1. The molecule has 0 bridgehead atoms. The number of aryl methyl sites for hydroxylation is 2. The summed E-state index contributed by atoms with van der Waals surface area (Å²) >= 11 is 0. The summed E-state index contributed by atoms with van der Waals surface area (Å²) in [6.45, 7) is 7.44. The Kier molecular flexibility index (Phi) is 4.99. The molecule has 4 heteroatoms. The normalized spacial score (nSPS) is 17.1. The van der Waals surface area contributed by atoms with Gasteiger partial charge in [0.25, 0.3) is 0 Å². The maximum Gasteiger partial charge on any atom is 0.0670 e. The highest BCUT2D eigenvalue weighted by molar-refractivity contribution is 5.22. The zero-order valence-electron chi connectivity index (χ0n) is 12.6. The molecule has 0 spiro atoms. The fourth-order valence-electron chi connectivity index (χ4n) is 2.87. The van der Waals surface area contributed by atoms with Crippen LogP contribution in [-0.4, -0.2) is 34.3 Å². The van der Waals surface area contributed by atoms with E-state index in [0.29, 0.717) is 12.6 Å². The summed E-state index contributed by atoms with van der Waals surface area (Å²) in [4.78, 5) is 2.58. The first-order chi connectivity index (χ1) is 9.19. The van der Waals surface area contributed by atoms with E-state index in [2.05, 4.69) is 30.0 Å². The molecule has 0 radical (unpaired) electrons. The van der Waals surface area contributed by atoms with E-state index < -0.39 is 0 Å². The van der Waals surface area contributed by atoms with Gasteiger partial charge < -0.3 is 5.73 Å². The number of nitrogens with two attached hydrogens (primary N) is 1. The lowest BCUT2D eigenvalue weighted by Crippen LogP contribution is -2.36. The molecule has 0 aliphatic heterocycles. The summed E-state index contributed by atoms with van der Waals surface area (Å²) in [6.07, 6.45) is 7.11. The molecular weight excluding hydrogens is 236 g/mol. The second kappa shape index (κ2) is 6.53. The van der Waals surface area contributed by atoms with Gasteiger partial charge in [-0.1, -0.05) is 13.8 Å². The van der Waals surface area contributed by atoms with Crippen molar-refractivity contribution in [1.82, 2.24) is 14.7 Å². The van der Waals surface area contributed by atoms with Gasteiger partial charge >= 0.3 is 0 Å². The van der Waals surface area contributed by atoms with Gasteiger partial charge in [0.1, 0.15) is 0 Å². The van der Waals surface area contributed by atoms with E-state index in [1.54, 1.807) is 0 Å². The molecule has 2 N–H and O–H groups in total. The Hall–Kier alpha value is -0.870. The average Bonchev–Trinajstić information content (AvgIpc) is 3.12. The summed E-state index contributed by atoms with van der Waals surface area (Å²) < 4.78 is 1.93. The monoisotopic (exact) mass is 264 g/mol. The van der Waals surface area contributed by atoms with Gasteiger partial charge in [0.15, 0.2) is 0 Å². The van der Waals surface area contributed by atoms with Crippen LogP contribution in [0.3, 0.4) is 0 Å². The van der Waals surface area contributed by atoms with E-state index in [4.69, 9.17) is 5.73 Å². The molecule has 1 aromatic heterocycles. The first-order valence-electron chi connectivity index (χ1n) is 7.66. The van der Waals surface area contributed by atoms with Crippen LogP contribution in [0.1, 0.15) is 50.4 Å². The topological polar surface area (TPSA) is 47.1 Å². The van der Waals surface area contributed by atoms with Crippen LogP contribution in [0.15, 0.2) is 6.20 Å². The van der Waals surface area contributed by atoms with Gasteiger partial charge in [0, 0.05) is 31.9 Å². The van der Waals surface area contributed by atoms with Crippen molar-refractivity contribution in [3.63, 3.8) is 0 Å². The summed E-state index contributed by atoms with van der Waals surface area (Å²) in [6, 6.07) is 0.337. The van der Waals surface area contributed by atoms with Crippen molar-refractivity contribution in [2.75, 3.05) is 19.6 Å². The third-order valence-electron chi connectivity index (χ3n) is 4.00. The van der Waals surface area contributed by atoms with Crippen molar-refractivity contribution < 1.29 is 0 Å². The lowest BCUT2D eigenvalue weighted by Gasteiger charge is -2.30. The van der Waals surface area contributed by atoms with E-state index in [0.717, 1.165) is 18.9 Å². The van der Waals surface area contributed by atoms with Gasteiger partial charge in [0.2, 0.25) is 0 Å². The molecule has 108 valence electrons. The lowest BCUT2D eigenvalue weighted by atomic mass is 10.0. The van der Waals surface area contributed by atoms with Crippen LogP contribution in [0.4, 0.5) is 0 Å². The largest absolute Gasteiger partial charge is 0.329 e. The van der Waals surface area contributed by atoms with E-state index in [-0.39, 0.29) is 0 Å². The molecule has 2 rings (SSSR count). The molecule has 0 amide bonds. The summed E-state index contributed by atoms with van der Waals surface area (Å²) in [5.74, 6) is 0.905. The highest BCUT2D eigenvalue weighted by atomic mass is 15.3. The first-order valence-corrected chi connectivity index (χ1v) is 7.66. The van der Waals surface area contributed by atoms with E-state index in [1.807, 2.05) is 11.7 Å². The van der Waals surface area contributed by atoms with E-state index >= 15 is 0 Å². The Morgan fingerprint density at radius 3 is 2.74 bits per heavy atom. The highest BCUT2D eigenvalue weighted by Crippen LogP contribution is 2.33. The molecule has 1 heterocycles. The minimum Gasteiger partial charge on any atom is -0.329 e. The molecular formula is C15H28N4. The lowest BCUT2D eigenvalue weighted by molar-refractivity contribution is 0.192. The van der Waals surface area contributed by atoms with Crippen LogP contribution in [0.2, 0.25) is 0 Å². The number of rotatable bonds is 8. The van der Waals surface area contributed by atoms with Gasteiger partial charge in [-0.15, -0.1) is 0 Å². The third kappa shape index (κ3) is 3.57. The maximum atomic E-state index is 6.09. The molecule has 1 aliphatic carbocycles. The quantitative estimate of drug-likeness (QED) is 0.782. The van der Waals surface area contributed by atoms with Crippen LogP contribution < -0.4 is 5.73 Å². The molecule has 0 saturated heterocycles. The summed E-state index contributed by atoms with van der Waals surface area (Å²) in [5, 5.41) is 4.57. The van der Waals surface area contributed by atoms with Gasteiger partial charge in [-0.25, -0.2) is 0 Å². The Bertz CT molecular complexity index is 395. The second-order valence-corrected chi connectivity index (χ2v) is 5.75. The predicted molar refractivity (Wildman–Crippen MR) is 79.0 cm³/mol. The standard InChI is InChI=1S/C15H28N4/c1-4-8-19(10-12-6-7-12)15(9-16)13-11-18(3)17-14(13)5-2/h11-12,15H,4-10,16H2,1-3H3. The SMILES string of the molecule is CCCN(CC1CC1)C(CN)c1cn(C)nc1CC. The molecule has 1 unspecified atom stereocenters. The van der Waals surface area contributed by atoms with Crippen molar-refractivity contribution in [1.29, 1.82) is 0 Å². The zero-order chi connectivity index (χ0) is 13.8. The Balaban J connectivity index is 2.18. The van der Waals surface area contributed by atoms with Gasteiger partial charge in [-0.05, 0) is 38.1 Å². The summed E-state index contributed by atoms with van der Waals surface area (Å²) in [7, 11) is 2.00. The predicted octanol–water partition coefficient (Wildman–Crippen LogP) is 2.10. The fraction of sp³-hybridized carbons (Fsp3) is 0.800. The van der Waals surface area contributed by atoms with Crippen LogP contribution in [0, 0.1) is 5.92 Å². The van der Waals surface area contributed by atoms with E-state index in [9.17, 15) is 0 Å². The smallest absolute Gasteiger partial charge is 0.0670 e. The van der Waals surface area contributed by atoms with Crippen molar-refractivity contribution in [3.8, 4) is 0 Å². The Morgan fingerprint density at radius 1 is 1.47 bits per heavy atom. The van der Waals surface area contributed by atoms with Crippen molar-refractivity contribution in [3.05, 3.63) is 17.5 Å². The number of hydrogen-bond acceptors (Lipinski definition) is 3. The molecule has 1 aliphatic rings. The minimum atomic E-state index is 0.337. The summed E-state index contributed by atoms with van der Waals surface area (Å²) in [5.41, 5.74) is 8.62.